The van der Waals surface area contributed by atoms with Crippen LogP contribution in [0.3, 0.4) is 0 Å². The number of thiazole rings is 1. The zero-order valence-electron chi connectivity index (χ0n) is 14.3. The van der Waals surface area contributed by atoms with Crippen molar-refractivity contribution in [2.24, 2.45) is 5.41 Å². The molecule has 0 radical (unpaired) electrons. The molecule has 2 saturated heterocycles. The van der Waals surface area contributed by atoms with Crippen molar-refractivity contribution in [1.82, 2.24) is 14.8 Å². The highest BCUT2D eigenvalue weighted by Gasteiger charge is 2.52. The molecular weight excluding hydrogens is 326 g/mol. The van der Waals surface area contributed by atoms with Crippen LogP contribution in [0.25, 0.3) is 0 Å². The highest BCUT2D eigenvalue weighted by Crippen LogP contribution is 2.42. The van der Waals surface area contributed by atoms with Crippen molar-refractivity contribution in [2.75, 3.05) is 26.7 Å². The van der Waals surface area contributed by atoms with E-state index in [0.29, 0.717) is 31.6 Å². The largest absolute Gasteiger partial charge is 0.481 e. The van der Waals surface area contributed by atoms with E-state index >= 15 is 0 Å². The highest BCUT2D eigenvalue weighted by atomic mass is 32.1. The Labute approximate surface area is 146 Å². The molecule has 2 aliphatic heterocycles. The maximum Gasteiger partial charge on any atom is 0.311 e. The first-order valence-electron chi connectivity index (χ1n) is 8.65. The molecule has 0 saturated carbocycles. The third-order valence-electron chi connectivity index (χ3n) is 5.47. The second-order valence-electron chi connectivity index (χ2n) is 6.94. The number of carbonyl (C=O) groups excluding carboxylic acids is 1. The summed E-state index contributed by atoms with van der Waals surface area (Å²) in [6, 6.07) is -0.116. The van der Waals surface area contributed by atoms with Gasteiger partial charge in [0, 0.05) is 24.5 Å². The van der Waals surface area contributed by atoms with E-state index in [2.05, 4.69) is 16.8 Å². The average Bonchev–Trinajstić information content (AvgIpc) is 3.03. The van der Waals surface area contributed by atoms with Crippen LogP contribution in [-0.2, 0) is 11.2 Å². The number of likely N-dealkylation sites (N-methyl/N-ethyl adjacent to an activating group) is 1. The van der Waals surface area contributed by atoms with Crippen molar-refractivity contribution in [3.05, 3.63) is 16.1 Å². The Kier molecular flexibility index (Phi) is 4.92. The number of carbonyl (C=O) groups is 2. The van der Waals surface area contributed by atoms with Gasteiger partial charge < -0.3 is 14.9 Å². The van der Waals surface area contributed by atoms with E-state index in [1.54, 1.807) is 4.90 Å². The molecule has 3 rings (SSSR count). The van der Waals surface area contributed by atoms with Gasteiger partial charge in [-0.25, -0.2) is 4.98 Å². The number of piperidine rings is 2. The molecular formula is C17H25N3O3S. The van der Waals surface area contributed by atoms with Gasteiger partial charge in [-0.2, -0.15) is 0 Å². The standard InChI is InChI=1S/C17H25N3O3S/c1-3-5-14-18-12(11-24-14)15(21)20-9-7-17(16(22)23)6-4-8-19(2)13(17)10-20/h11,13H,3-10H2,1-2H3,(H,22,23)/t13-,17+/m1/s1. The number of carboxylic acids is 1. The Morgan fingerprint density at radius 1 is 1.42 bits per heavy atom. The Morgan fingerprint density at radius 3 is 2.92 bits per heavy atom. The van der Waals surface area contributed by atoms with Crippen LogP contribution in [-0.4, -0.2) is 64.5 Å². The van der Waals surface area contributed by atoms with Gasteiger partial charge in [-0.3, -0.25) is 9.59 Å². The van der Waals surface area contributed by atoms with Gasteiger partial charge in [0.1, 0.15) is 5.69 Å². The lowest BCUT2D eigenvalue weighted by atomic mass is 9.68. The molecule has 3 heterocycles. The zero-order valence-corrected chi connectivity index (χ0v) is 15.1. The minimum absolute atomic E-state index is 0.0634. The molecule has 1 N–H and O–H groups in total. The minimum Gasteiger partial charge on any atom is -0.481 e. The summed E-state index contributed by atoms with van der Waals surface area (Å²) in [6.45, 7) is 3.95. The zero-order chi connectivity index (χ0) is 17.3. The van der Waals surface area contributed by atoms with E-state index in [4.69, 9.17) is 0 Å². The third-order valence-corrected chi connectivity index (χ3v) is 6.38. The number of fused-ring (bicyclic) bond motifs is 1. The third kappa shape index (κ3) is 2.95. The topological polar surface area (TPSA) is 73.7 Å². The van der Waals surface area contributed by atoms with Gasteiger partial charge in [-0.15, -0.1) is 11.3 Å². The molecule has 2 fully saturated rings. The monoisotopic (exact) mass is 351 g/mol. The average molecular weight is 351 g/mol. The molecule has 0 aromatic carbocycles. The van der Waals surface area contributed by atoms with Crippen molar-refractivity contribution < 1.29 is 14.7 Å². The summed E-state index contributed by atoms with van der Waals surface area (Å²) in [5, 5.41) is 12.6. The molecule has 1 aromatic heterocycles. The van der Waals surface area contributed by atoms with E-state index in [9.17, 15) is 14.7 Å². The van der Waals surface area contributed by atoms with Gasteiger partial charge in [0.2, 0.25) is 0 Å². The molecule has 2 atom stereocenters. The first-order chi connectivity index (χ1) is 11.5. The van der Waals surface area contributed by atoms with Crippen molar-refractivity contribution in [3.63, 3.8) is 0 Å². The fourth-order valence-electron chi connectivity index (χ4n) is 4.07. The molecule has 1 amide bonds. The molecule has 7 heteroatoms. The van der Waals surface area contributed by atoms with E-state index in [1.165, 1.54) is 11.3 Å². The van der Waals surface area contributed by atoms with Crippen LogP contribution < -0.4 is 0 Å². The van der Waals surface area contributed by atoms with Crippen molar-refractivity contribution in [3.8, 4) is 0 Å². The summed E-state index contributed by atoms with van der Waals surface area (Å²) in [5.74, 6) is -0.781. The molecule has 0 bridgehead atoms. The number of likely N-dealkylation sites (tertiary alicyclic amines) is 2. The van der Waals surface area contributed by atoms with Crippen LogP contribution in [0.1, 0.15) is 48.1 Å². The summed E-state index contributed by atoms with van der Waals surface area (Å²) in [7, 11) is 1.97. The van der Waals surface area contributed by atoms with Crippen molar-refractivity contribution in [1.29, 1.82) is 0 Å². The molecule has 132 valence electrons. The van der Waals surface area contributed by atoms with Crippen LogP contribution in [0.15, 0.2) is 5.38 Å². The predicted octanol–water partition coefficient (Wildman–Crippen LogP) is 2.11. The smallest absolute Gasteiger partial charge is 0.311 e. The van der Waals surface area contributed by atoms with Gasteiger partial charge in [0.25, 0.3) is 5.91 Å². The molecule has 1 aromatic rings. The Morgan fingerprint density at radius 2 is 2.21 bits per heavy atom. The van der Waals surface area contributed by atoms with Crippen LogP contribution in [0.2, 0.25) is 0 Å². The van der Waals surface area contributed by atoms with Crippen LogP contribution in [0.5, 0.6) is 0 Å². The number of carboxylic acid groups (broad SMARTS) is 1. The van der Waals surface area contributed by atoms with Gasteiger partial charge in [0.05, 0.1) is 10.4 Å². The van der Waals surface area contributed by atoms with Gasteiger partial charge in [-0.05, 0) is 45.7 Å². The number of nitrogens with zero attached hydrogens (tertiary/aromatic N) is 3. The lowest BCUT2D eigenvalue weighted by molar-refractivity contribution is -0.161. The minimum atomic E-state index is -0.718. The predicted molar refractivity (Wildman–Crippen MR) is 92.4 cm³/mol. The molecule has 0 spiro atoms. The number of hydrogen-bond donors (Lipinski definition) is 1. The first-order valence-corrected chi connectivity index (χ1v) is 9.53. The fourth-order valence-corrected chi connectivity index (χ4v) is 4.94. The summed E-state index contributed by atoms with van der Waals surface area (Å²) >= 11 is 1.53. The number of aliphatic carboxylic acids is 1. The van der Waals surface area contributed by atoms with E-state index in [-0.39, 0.29) is 11.9 Å². The Balaban J connectivity index is 1.77. The lowest BCUT2D eigenvalue weighted by Gasteiger charge is -2.51. The number of hydrogen-bond acceptors (Lipinski definition) is 5. The highest BCUT2D eigenvalue weighted by molar-refractivity contribution is 7.09. The number of aromatic nitrogens is 1. The fraction of sp³-hybridized carbons (Fsp3) is 0.706. The SMILES string of the molecule is CCCc1nc(C(=O)N2CC[C@@]3(C(=O)O)CCCN(C)[C@@H]3C2)cs1. The lowest BCUT2D eigenvalue weighted by Crippen LogP contribution is -2.63. The molecule has 24 heavy (non-hydrogen) atoms. The second-order valence-corrected chi connectivity index (χ2v) is 7.88. The molecule has 2 aliphatic rings. The maximum atomic E-state index is 12.8. The van der Waals surface area contributed by atoms with E-state index in [1.807, 2.05) is 12.4 Å². The maximum absolute atomic E-state index is 12.8. The van der Waals surface area contributed by atoms with Crippen LogP contribution in [0, 0.1) is 5.41 Å². The number of aryl methyl sites for hydroxylation is 1. The summed E-state index contributed by atoms with van der Waals surface area (Å²) < 4.78 is 0. The van der Waals surface area contributed by atoms with Gasteiger partial charge in [0.15, 0.2) is 0 Å². The molecule has 0 aliphatic carbocycles. The summed E-state index contributed by atoms with van der Waals surface area (Å²) in [5.41, 5.74) is -0.205. The van der Waals surface area contributed by atoms with Crippen LogP contribution in [0.4, 0.5) is 0 Å². The Bertz CT molecular complexity index is 632. The normalized spacial score (nSPS) is 27.8. The Hall–Kier alpha value is -1.47. The van der Waals surface area contributed by atoms with Gasteiger partial charge in [-0.1, -0.05) is 6.92 Å². The van der Waals surface area contributed by atoms with Crippen molar-refractivity contribution in [2.45, 2.75) is 45.1 Å². The van der Waals surface area contributed by atoms with E-state index < -0.39 is 11.4 Å². The molecule has 0 unspecified atom stereocenters. The van der Waals surface area contributed by atoms with Gasteiger partial charge >= 0.3 is 5.97 Å². The van der Waals surface area contributed by atoms with Crippen LogP contribution >= 0.6 is 11.3 Å². The summed E-state index contributed by atoms with van der Waals surface area (Å²) in [4.78, 5) is 33.1. The van der Waals surface area contributed by atoms with Crippen molar-refractivity contribution >= 4 is 23.2 Å². The first kappa shape index (κ1) is 17.4. The quantitative estimate of drug-likeness (QED) is 0.899. The molecule has 6 nitrogen and oxygen atoms in total. The number of amides is 1. The summed E-state index contributed by atoms with van der Waals surface area (Å²) in [6.07, 6.45) is 4.04. The number of rotatable bonds is 4. The van der Waals surface area contributed by atoms with E-state index in [0.717, 1.165) is 30.8 Å². The second kappa shape index (κ2) is 6.80.